The summed E-state index contributed by atoms with van der Waals surface area (Å²) in [7, 11) is 1.48. The van der Waals surface area contributed by atoms with E-state index in [1.807, 2.05) is 0 Å². The van der Waals surface area contributed by atoms with E-state index in [1.54, 1.807) is 12.1 Å². The van der Waals surface area contributed by atoms with Crippen molar-refractivity contribution in [2.24, 2.45) is 5.73 Å². The number of rotatable bonds is 4. The molecule has 0 aliphatic heterocycles. The largest absolute Gasteiger partial charge is 0.497 e. The molecule has 0 fully saturated rings. The molecule has 0 radical (unpaired) electrons. The average molecular weight is 329 g/mol. The predicted octanol–water partition coefficient (Wildman–Crippen LogP) is 4.00. The van der Waals surface area contributed by atoms with Gasteiger partial charge < -0.3 is 15.8 Å². The van der Waals surface area contributed by atoms with Crippen molar-refractivity contribution in [3.8, 4) is 5.75 Å². The monoisotopic (exact) mass is 328 g/mol. The van der Waals surface area contributed by atoms with Crippen molar-refractivity contribution in [3.05, 3.63) is 52.6 Å². The van der Waals surface area contributed by atoms with E-state index in [1.165, 1.54) is 13.2 Å². The summed E-state index contributed by atoms with van der Waals surface area (Å²) in [4.78, 5) is -0.0845. The van der Waals surface area contributed by atoms with Gasteiger partial charge in [-0.25, -0.2) is 8.78 Å². The van der Waals surface area contributed by atoms with Gasteiger partial charge in [-0.3, -0.25) is 0 Å². The van der Waals surface area contributed by atoms with Gasteiger partial charge in [0.25, 0.3) is 0 Å². The lowest BCUT2D eigenvalue weighted by Crippen LogP contribution is -2.11. The third kappa shape index (κ3) is 3.40. The third-order valence-electron chi connectivity index (χ3n) is 2.76. The van der Waals surface area contributed by atoms with E-state index in [0.717, 1.165) is 12.1 Å². The van der Waals surface area contributed by atoms with Gasteiger partial charge in [0.2, 0.25) is 0 Å². The van der Waals surface area contributed by atoms with Gasteiger partial charge in [-0.05, 0) is 24.3 Å². The van der Waals surface area contributed by atoms with Crippen LogP contribution < -0.4 is 15.8 Å². The van der Waals surface area contributed by atoms with Crippen molar-refractivity contribution < 1.29 is 13.5 Å². The first-order valence-electron chi connectivity index (χ1n) is 5.81. The maximum atomic E-state index is 14.0. The number of nitrogens with two attached hydrogens (primary N) is 1. The van der Waals surface area contributed by atoms with Crippen molar-refractivity contribution in [1.29, 1.82) is 0 Å². The van der Waals surface area contributed by atoms with E-state index < -0.39 is 11.6 Å². The molecule has 0 spiro atoms. The Bertz CT molecular complexity index is 686. The zero-order chi connectivity index (χ0) is 15.6. The van der Waals surface area contributed by atoms with Crippen LogP contribution in [0.5, 0.6) is 5.75 Å². The van der Waals surface area contributed by atoms with Crippen LogP contribution in [0.25, 0.3) is 0 Å². The highest BCUT2D eigenvalue weighted by molar-refractivity contribution is 7.80. The van der Waals surface area contributed by atoms with Gasteiger partial charge in [0.05, 0.1) is 17.8 Å². The zero-order valence-electron chi connectivity index (χ0n) is 10.9. The van der Waals surface area contributed by atoms with E-state index >= 15 is 0 Å². The maximum Gasteiger partial charge on any atom is 0.150 e. The van der Waals surface area contributed by atoms with Crippen LogP contribution in [0.4, 0.5) is 20.2 Å². The molecule has 0 bridgehead atoms. The third-order valence-corrected chi connectivity index (χ3v) is 3.33. The summed E-state index contributed by atoms with van der Waals surface area (Å²) in [5, 5.41) is 2.90. The van der Waals surface area contributed by atoms with Crippen LogP contribution in [0, 0.1) is 11.6 Å². The minimum absolute atomic E-state index is 0.0845. The second-order valence-corrected chi connectivity index (χ2v) is 5.00. The summed E-state index contributed by atoms with van der Waals surface area (Å²) in [5.74, 6) is -1.14. The minimum Gasteiger partial charge on any atom is -0.497 e. The molecule has 0 aromatic heterocycles. The first-order chi connectivity index (χ1) is 9.92. The lowest BCUT2D eigenvalue weighted by Gasteiger charge is -2.12. The molecule has 0 heterocycles. The van der Waals surface area contributed by atoms with Gasteiger partial charge in [-0.1, -0.05) is 23.8 Å². The Labute approximate surface area is 130 Å². The van der Waals surface area contributed by atoms with Crippen LogP contribution in [0.1, 0.15) is 5.56 Å². The molecular formula is C14H11ClF2N2OS. The molecule has 0 amide bonds. The summed E-state index contributed by atoms with van der Waals surface area (Å²) < 4.78 is 33.0. The fraction of sp³-hybridized carbons (Fsp3) is 0.0714. The number of hydrogen-bond acceptors (Lipinski definition) is 3. The molecule has 7 heteroatoms. The highest BCUT2D eigenvalue weighted by atomic mass is 35.5. The molecule has 0 unspecified atom stereocenters. The number of hydrogen-bond donors (Lipinski definition) is 2. The fourth-order valence-corrected chi connectivity index (χ4v) is 1.98. The number of benzene rings is 2. The van der Waals surface area contributed by atoms with E-state index in [-0.39, 0.29) is 16.2 Å². The van der Waals surface area contributed by atoms with Crippen LogP contribution in [-0.4, -0.2) is 12.1 Å². The minimum atomic E-state index is -0.823. The van der Waals surface area contributed by atoms with Crippen LogP contribution in [0.3, 0.4) is 0 Å². The number of nitrogens with one attached hydrogen (secondary N) is 1. The predicted molar refractivity (Wildman–Crippen MR) is 83.5 cm³/mol. The summed E-state index contributed by atoms with van der Waals surface area (Å²) in [6.07, 6.45) is 0. The summed E-state index contributed by atoms with van der Waals surface area (Å²) in [6, 6.07) is 6.84. The number of halogens is 3. The van der Waals surface area contributed by atoms with Gasteiger partial charge in [0, 0.05) is 11.6 Å². The van der Waals surface area contributed by atoms with Gasteiger partial charge in [0.1, 0.15) is 28.1 Å². The van der Waals surface area contributed by atoms with Crippen molar-refractivity contribution in [1.82, 2.24) is 0 Å². The Morgan fingerprint density at radius 2 is 1.86 bits per heavy atom. The summed E-state index contributed by atoms with van der Waals surface area (Å²) in [5.41, 5.74) is 5.44. The highest BCUT2D eigenvalue weighted by Crippen LogP contribution is 2.32. The standard InChI is InChI=1S/C14H11ClF2N2OS/c1-20-8-2-3-9(15)12(6-8)19-13-10(16)4-7(14(18)21)5-11(13)17/h2-6,19H,1H3,(H2,18,21). The number of methoxy groups -OCH3 is 1. The molecule has 2 aromatic rings. The van der Waals surface area contributed by atoms with E-state index in [2.05, 4.69) is 5.32 Å². The number of thiocarbonyl (C=S) groups is 1. The van der Waals surface area contributed by atoms with Crippen molar-refractivity contribution in [3.63, 3.8) is 0 Å². The Morgan fingerprint density at radius 3 is 2.38 bits per heavy atom. The maximum absolute atomic E-state index is 14.0. The van der Waals surface area contributed by atoms with Gasteiger partial charge in [0.15, 0.2) is 0 Å². The summed E-state index contributed by atoms with van der Waals surface area (Å²) >= 11 is 10.7. The zero-order valence-corrected chi connectivity index (χ0v) is 12.5. The Morgan fingerprint density at radius 1 is 1.24 bits per heavy atom. The number of ether oxygens (including phenoxy) is 1. The normalized spacial score (nSPS) is 10.3. The van der Waals surface area contributed by atoms with Crippen molar-refractivity contribution >= 4 is 40.2 Å². The second-order valence-electron chi connectivity index (χ2n) is 4.15. The molecule has 0 saturated heterocycles. The van der Waals surface area contributed by atoms with E-state index in [0.29, 0.717) is 16.5 Å². The van der Waals surface area contributed by atoms with Crippen LogP contribution in [0.15, 0.2) is 30.3 Å². The van der Waals surface area contributed by atoms with Crippen LogP contribution in [-0.2, 0) is 0 Å². The highest BCUT2D eigenvalue weighted by Gasteiger charge is 2.14. The molecule has 2 rings (SSSR count). The first-order valence-corrected chi connectivity index (χ1v) is 6.60. The second kappa shape index (κ2) is 6.24. The molecule has 3 N–H and O–H groups in total. The number of anilines is 2. The smallest absolute Gasteiger partial charge is 0.150 e. The molecule has 0 aliphatic carbocycles. The topological polar surface area (TPSA) is 47.3 Å². The quantitative estimate of drug-likeness (QED) is 0.833. The fourth-order valence-electron chi connectivity index (χ4n) is 1.70. The van der Waals surface area contributed by atoms with Gasteiger partial charge in [-0.15, -0.1) is 0 Å². The Hall–Kier alpha value is -1.92. The lowest BCUT2D eigenvalue weighted by molar-refractivity contribution is 0.415. The Kier molecular flexibility index (Phi) is 4.59. The molecule has 0 aliphatic rings. The first kappa shape index (κ1) is 15.5. The summed E-state index contributed by atoms with van der Waals surface area (Å²) in [6.45, 7) is 0. The van der Waals surface area contributed by atoms with Crippen LogP contribution >= 0.6 is 23.8 Å². The average Bonchev–Trinajstić information content (AvgIpc) is 2.44. The van der Waals surface area contributed by atoms with Crippen molar-refractivity contribution in [2.45, 2.75) is 0 Å². The molecule has 0 atom stereocenters. The molecular weight excluding hydrogens is 318 g/mol. The lowest BCUT2D eigenvalue weighted by atomic mass is 10.1. The van der Waals surface area contributed by atoms with E-state index in [4.69, 9.17) is 34.3 Å². The molecule has 110 valence electrons. The molecule has 0 saturated carbocycles. The van der Waals surface area contributed by atoms with E-state index in [9.17, 15) is 8.78 Å². The van der Waals surface area contributed by atoms with Crippen LogP contribution in [0.2, 0.25) is 5.02 Å². The molecule has 21 heavy (non-hydrogen) atoms. The Balaban J connectivity index is 2.42. The molecule has 3 nitrogen and oxygen atoms in total. The molecule has 2 aromatic carbocycles. The van der Waals surface area contributed by atoms with Gasteiger partial charge >= 0.3 is 0 Å². The van der Waals surface area contributed by atoms with Gasteiger partial charge in [-0.2, -0.15) is 0 Å². The van der Waals surface area contributed by atoms with Crippen molar-refractivity contribution in [2.75, 3.05) is 12.4 Å². The SMILES string of the molecule is COc1ccc(Cl)c(Nc2c(F)cc(C(N)=S)cc2F)c1.